The summed E-state index contributed by atoms with van der Waals surface area (Å²) in [6.07, 6.45) is 5.90. The van der Waals surface area contributed by atoms with E-state index in [-0.39, 0.29) is 0 Å². The van der Waals surface area contributed by atoms with Crippen molar-refractivity contribution < 1.29 is 9.90 Å². The molecule has 1 aliphatic heterocycles. The van der Waals surface area contributed by atoms with Gasteiger partial charge in [0.15, 0.2) is 0 Å². The molecule has 4 heteroatoms. The van der Waals surface area contributed by atoms with E-state index in [9.17, 15) is 0 Å². The average Bonchev–Trinajstić information content (AvgIpc) is 2.82. The molecule has 0 radical (unpaired) electrons. The summed E-state index contributed by atoms with van der Waals surface area (Å²) < 4.78 is 0. The first-order chi connectivity index (χ1) is 8.61. The summed E-state index contributed by atoms with van der Waals surface area (Å²) >= 11 is 0. The second-order valence-electron chi connectivity index (χ2n) is 3.89. The molecular formula is C14H18N2O2. The number of rotatable bonds is 3. The summed E-state index contributed by atoms with van der Waals surface area (Å²) in [5.41, 5.74) is 2.49. The first-order valence-corrected chi connectivity index (χ1v) is 5.67. The summed E-state index contributed by atoms with van der Waals surface area (Å²) in [7, 11) is 0. The highest BCUT2D eigenvalue weighted by Gasteiger charge is 2.03. The van der Waals surface area contributed by atoms with Crippen LogP contribution < -0.4 is 5.32 Å². The van der Waals surface area contributed by atoms with Gasteiger partial charge in [0, 0.05) is 25.9 Å². The zero-order valence-corrected chi connectivity index (χ0v) is 10.5. The Kier molecular flexibility index (Phi) is 5.51. The zero-order valence-electron chi connectivity index (χ0n) is 10.5. The molecule has 1 aromatic rings. The fourth-order valence-corrected chi connectivity index (χ4v) is 1.48. The van der Waals surface area contributed by atoms with E-state index < -0.39 is 5.97 Å². The molecule has 18 heavy (non-hydrogen) atoms. The fraction of sp³-hybridized carbons (Fsp3) is 0.214. The molecule has 0 saturated heterocycles. The fourth-order valence-electron chi connectivity index (χ4n) is 1.48. The molecule has 1 heterocycles. The summed E-state index contributed by atoms with van der Waals surface area (Å²) in [6, 6.07) is 8.47. The van der Waals surface area contributed by atoms with Crippen molar-refractivity contribution in [3.8, 4) is 0 Å². The maximum absolute atomic E-state index is 9.00. The van der Waals surface area contributed by atoms with Crippen molar-refractivity contribution in [3.63, 3.8) is 0 Å². The number of nitrogens with one attached hydrogen (secondary N) is 1. The third-order valence-corrected chi connectivity index (χ3v) is 2.30. The highest BCUT2D eigenvalue weighted by Crippen LogP contribution is 2.09. The first-order valence-electron chi connectivity index (χ1n) is 5.67. The van der Waals surface area contributed by atoms with Gasteiger partial charge >= 0.3 is 0 Å². The van der Waals surface area contributed by atoms with Crippen molar-refractivity contribution in [2.24, 2.45) is 0 Å². The SMILES string of the molecule is C=Cc1ccc(CN2C=CNC2)cc1.CC(=O)O. The number of aliphatic carboxylic acids is 1. The molecule has 0 aliphatic carbocycles. The number of carbonyl (C=O) groups is 1. The lowest BCUT2D eigenvalue weighted by atomic mass is 10.1. The Morgan fingerprint density at radius 2 is 2.11 bits per heavy atom. The minimum absolute atomic E-state index is 0.833. The molecule has 96 valence electrons. The van der Waals surface area contributed by atoms with Gasteiger partial charge in [0.2, 0.25) is 0 Å². The molecule has 1 aliphatic rings. The van der Waals surface area contributed by atoms with Crippen molar-refractivity contribution in [2.75, 3.05) is 6.67 Å². The number of hydrogen-bond donors (Lipinski definition) is 2. The van der Waals surface area contributed by atoms with E-state index in [0.29, 0.717) is 0 Å². The lowest BCUT2D eigenvalue weighted by Gasteiger charge is -2.14. The molecular weight excluding hydrogens is 228 g/mol. The van der Waals surface area contributed by atoms with Gasteiger partial charge in [0.1, 0.15) is 0 Å². The third-order valence-electron chi connectivity index (χ3n) is 2.30. The van der Waals surface area contributed by atoms with Gasteiger partial charge in [-0.1, -0.05) is 36.9 Å². The number of carboxylic acids is 1. The van der Waals surface area contributed by atoms with E-state index in [0.717, 1.165) is 20.1 Å². The maximum atomic E-state index is 9.00. The van der Waals surface area contributed by atoms with Gasteiger partial charge in [-0.05, 0) is 11.1 Å². The predicted octanol–water partition coefficient (Wildman–Crippen LogP) is 2.25. The lowest BCUT2D eigenvalue weighted by molar-refractivity contribution is -0.134. The van der Waals surface area contributed by atoms with Crippen LogP contribution in [0.5, 0.6) is 0 Å². The van der Waals surface area contributed by atoms with Crippen molar-refractivity contribution in [1.29, 1.82) is 0 Å². The molecule has 4 nitrogen and oxygen atoms in total. The van der Waals surface area contributed by atoms with Gasteiger partial charge in [-0.25, -0.2) is 0 Å². The van der Waals surface area contributed by atoms with Crippen molar-refractivity contribution in [3.05, 3.63) is 54.4 Å². The van der Waals surface area contributed by atoms with Gasteiger partial charge < -0.3 is 15.3 Å². The smallest absolute Gasteiger partial charge is 0.300 e. The monoisotopic (exact) mass is 246 g/mol. The van der Waals surface area contributed by atoms with Gasteiger partial charge in [0.25, 0.3) is 5.97 Å². The molecule has 0 aromatic heterocycles. The number of benzene rings is 1. The van der Waals surface area contributed by atoms with Crippen LogP contribution in [0, 0.1) is 0 Å². The van der Waals surface area contributed by atoms with Gasteiger partial charge in [-0.2, -0.15) is 0 Å². The Labute approximate surface area is 107 Å². The molecule has 0 spiro atoms. The zero-order chi connectivity index (χ0) is 13.4. The second kappa shape index (κ2) is 7.17. The highest BCUT2D eigenvalue weighted by atomic mass is 16.4. The average molecular weight is 246 g/mol. The predicted molar refractivity (Wildman–Crippen MR) is 72.5 cm³/mol. The van der Waals surface area contributed by atoms with E-state index in [1.165, 1.54) is 11.1 Å². The minimum atomic E-state index is -0.833. The third kappa shape index (κ3) is 5.21. The molecule has 0 fully saturated rings. The van der Waals surface area contributed by atoms with Crippen LogP contribution in [0.1, 0.15) is 18.1 Å². The summed E-state index contributed by atoms with van der Waals surface area (Å²) in [5, 5.41) is 10.6. The van der Waals surface area contributed by atoms with Gasteiger partial charge in [-0.15, -0.1) is 0 Å². The van der Waals surface area contributed by atoms with Gasteiger partial charge in [0.05, 0.1) is 6.67 Å². The normalized spacial score (nSPS) is 12.4. The largest absolute Gasteiger partial charge is 0.481 e. The maximum Gasteiger partial charge on any atom is 0.300 e. The molecule has 0 saturated carbocycles. The van der Waals surface area contributed by atoms with Crippen LogP contribution in [-0.2, 0) is 11.3 Å². The molecule has 0 bridgehead atoms. The van der Waals surface area contributed by atoms with Gasteiger partial charge in [-0.3, -0.25) is 4.79 Å². The van der Waals surface area contributed by atoms with Crippen LogP contribution in [0.15, 0.2) is 43.2 Å². The van der Waals surface area contributed by atoms with Crippen LogP contribution in [0.3, 0.4) is 0 Å². The summed E-state index contributed by atoms with van der Waals surface area (Å²) in [4.78, 5) is 11.2. The molecule has 1 aromatic carbocycles. The van der Waals surface area contributed by atoms with Crippen LogP contribution in [0.4, 0.5) is 0 Å². The molecule has 0 atom stereocenters. The first kappa shape index (κ1) is 13.8. The Hall–Kier alpha value is -2.23. The van der Waals surface area contributed by atoms with Crippen LogP contribution >= 0.6 is 0 Å². The second-order valence-corrected chi connectivity index (χ2v) is 3.89. The lowest BCUT2D eigenvalue weighted by Crippen LogP contribution is -2.19. The molecule has 0 unspecified atom stereocenters. The summed E-state index contributed by atoms with van der Waals surface area (Å²) in [5.74, 6) is -0.833. The standard InChI is InChI=1S/C12H14N2.C2H4O2/c1-2-11-3-5-12(6-4-11)9-14-8-7-13-10-14;1-2(3)4/h2-8,13H,1,9-10H2;1H3,(H,3,4). The van der Waals surface area contributed by atoms with E-state index in [1.54, 1.807) is 0 Å². The summed E-state index contributed by atoms with van der Waals surface area (Å²) in [6.45, 7) is 6.68. The topological polar surface area (TPSA) is 52.6 Å². The number of carboxylic acid groups (broad SMARTS) is 1. The van der Waals surface area contributed by atoms with E-state index in [4.69, 9.17) is 9.90 Å². The quantitative estimate of drug-likeness (QED) is 0.859. The Morgan fingerprint density at radius 3 is 2.56 bits per heavy atom. The minimum Gasteiger partial charge on any atom is -0.481 e. The van der Waals surface area contributed by atoms with E-state index in [2.05, 4.69) is 47.3 Å². The van der Waals surface area contributed by atoms with Crippen LogP contribution in [-0.4, -0.2) is 22.6 Å². The van der Waals surface area contributed by atoms with E-state index in [1.807, 2.05) is 12.3 Å². The van der Waals surface area contributed by atoms with Crippen LogP contribution in [0.2, 0.25) is 0 Å². The number of nitrogens with zero attached hydrogens (tertiary/aromatic N) is 1. The van der Waals surface area contributed by atoms with Crippen LogP contribution in [0.25, 0.3) is 6.08 Å². The Balaban J connectivity index is 0.000000357. The number of hydrogen-bond acceptors (Lipinski definition) is 3. The molecule has 0 amide bonds. The van der Waals surface area contributed by atoms with Crippen molar-refractivity contribution in [1.82, 2.24) is 10.2 Å². The Morgan fingerprint density at radius 1 is 1.50 bits per heavy atom. The van der Waals surface area contributed by atoms with Crippen molar-refractivity contribution >= 4 is 12.0 Å². The highest BCUT2D eigenvalue weighted by molar-refractivity contribution is 5.62. The van der Waals surface area contributed by atoms with E-state index >= 15 is 0 Å². The Bertz CT molecular complexity index is 420. The molecule has 2 N–H and O–H groups in total. The van der Waals surface area contributed by atoms with Crippen molar-refractivity contribution in [2.45, 2.75) is 13.5 Å². The molecule has 2 rings (SSSR count).